The molecule has 0 saturated heterocycles. The molecule has 0 atom stereocenters. The Hall–Kier alpha value is -3.94. The molecule has 0 spiro atoms. The number of carbonyl (C=O) groups excluding carboxylic acids is 1. The quantitative estimate of drug-likeness (QED) is 0.419. The number of aryl methyl sites for hydroxylation is 2. The Kier molecular flexibility index (Phi) is 5.52. The maximum absolute atomic E-state index is 13.2. The maximum atomic E-state index is 13.2. The Bertz CT molecular complexity index is 1370. The van der Waals surface area contributed by atoms with Crippen LogP contribution in [0.5, 0.6) is 0 Å². The average Bonchev–Trinajstić information content (AvgIpc) is 3.17. The lowest BCUT2D eigenvalue weighted by atomic mass is 10.1. The van der Waals surface area contributed by atoms with Gasteiger partial charge < -0.3 is 16.0 Å². The molecule has 0 fully saturated rings. The van der Waals surface area contributed by atoms with Crippen molar-refractivity contribution in [3.63, 3.8) is 0 Å². The number of pyridine rings is 2. The van der Waals surface area contributed by atoms with Crippen LogP contribution in [0.4, 0.5) is 5.69 Å². The van der Waals surface area contributed by atoms with Crippen molar-refractivity contribution in [2.24, 2.45) is 0 Å². The first-order chi connectivity index (χ1) is 15.2. The zero-order valence-corrected chi connectivity index (χ0v) is 18.6. The Balaban J connectivity index is 1.76. The molecule has 3 aromatic heterocycles. The van der Waals surface area contributed by atoms with E-state index >= 15 is 0 Å². The molecule has 1 aromatic carbocycles. The second-order valence-electron chi connectivity index (χ2n) is 8.22. The lowest BCUT2D eigenvalue weighted by Crippen LogP contribution is -2.28. The summed E-state index contributed by atoms with van der Waals surface area (Å²) in [6.07, 6.45) is 1.66. The van der Waals surface area contributed by atoms with Crippen LogP contribution in [0.15, 0.2) is 47.4 Å². The summed E-state index contributed by atoms with van der Waals surface area (Å²) in [4.78, 5) is 33.1. The molecule has 0 saturated carbocycles. The predicted molar refractivity (Wildman–Crippen MR) is 125 cm³/mol. The van der Waals surface area contributed by atoms with E-state index in [0.29, 0.717) is 33.5 Å². The third-order valence-corrected chi connectivity index (χ3v) is 5.43. The number of amides is 1. The first-order valence-electron chi connectivity index (χ1n) is 10.5. The fraction of sp³-hybridized carbons (Fsp3) is 0.250. The van der Waals surface area contributed by atoms with E-state index in [9.17, 15) is 9.59 Å². The van der Waals surface area contributed by atoms with Crippen LogP contribution in [-0.4, -0.2) is 25.7 Å². The first-order valence-corrected chi connectivity index (χ1v) is 10.5. The minimum atomic E-state index is -0.295. The summed E-state index contributed by atoms with van der Waals surface area (Å²) in [5.74, 6) is -0.295. The van der Waals surface area contributed by atoms with Crippen LogP contribution in [0, 0.1) is 13.8 Å². The standard InChI is InChI=1S/C24H26N6O2/c1-13(2)30-22-20(12-27-30)18(10-21(29-22)16-5-7-17(25)8-6-16)23(31)26-11-19-14(3)9-15(4)28-24(19)32/h5-10,12-13H,11,25H2,1-4H3,(H,26,31)(H,28,32). The fourth-order valence-electron chi connectivity index (χ4n) is 3.75. The number of nitrogen functional groups attached to an aromatic ring is 1. The van der Waals surface area contributed by atoms with E-state index in [-0.39, 0.29) is 24.1 Å². The van der Waals surface area contributed by atoms with Gasteiger partial charge in [0.2, 0.25) is 0 Å². The van der Waals surface area contributed by atoms with Crippen LogP contribution in [0.1, 0.15) is 47.1 Å². The molecule has 4 rings (SSSR count). The van der Waals surface area contributed by atoms with Crippen LogP contribution in [0.25, 0.3) is 22.3 Å². The molecule has 1 amide bonds. The lowest BCUT2D eigenvalue weighted by molar-refractivity contribution is 0.0952. The Morgan fingerprint density at radius 2 is 1.91 bits per heavy atom. The fourth-order valence-corrected chi connectivity index (χ4v) is 3.75. The van der Waals surface area contributed by atoms with Gasteiger partial charge in [0.25, 0.3) is 11.5 Å². The van der Waals surface area contributed by atoms with Gasteiger partial charge in [-0.3, -0.25) is 9.59 Å². The van der Waals surface area contributed by atoms with Crippen molar-refractivity contribution < 1.29 is 4.79 Å². The normalized spacial score (nSPS) is 11.3. The Labute approximate surface area is 185 Å². The molecule has 164 valence electrons. The number of anilines is 1. The third-order valence-electron chi connectivity index (χ3n) is 5.43. The van der Waals surface area contributed by atoms with Crippen molar-refractivity contribution in [3.8, 4) is 11.3 Å². The summed E-state index contributed by atoms with van der Waals surface area (Å²) in [7, 11) is 0. The van der Waals surface area contributed by atoms with E-state index in [0.717, 1.165) is 16.8 Å². The minimum absolute atomic E-state index is 0.0753. The topological polar surface area (TPSA) is 119 Å². The SMILES string of the molecule is Cc1cc(C)c(CNC(=O)c2cc(-c3ccc(N)cc3)nc3c2cnn3C(C)C)c(=O)[nH]1. The van der Waals surface area contributed by atoms with Crippen molar-refractivity contribution in [3.05, 3.63) is 75.3 Å². The van der Waals surface area contributed by atoms with Crippen LogP contribution in [-0.2, 0) is 6.54 Å². The number of nitrogens with one attached hydrogen (secondary N) is 2. The smallest absolute Gasteiger partial charge is 0.253 e. The third kappa shape index (κ3) is 3.99. The Morgan fingerprint density at radius 3 is 2.56 bits per heavy atom. The van der Waals surface area contributed by atoms with E-state index in [1.807, 2.05) is 45.9 Å². The zero-order chi connectivity index (χ0) is 23.0. The number of nitrogens with two attached hydrogens (primary N) is 1. The number of H-pyrrole nitrogens is 1. The molecule has 4 N–H and O–H groups in total. The largest absolute Gasteiger partial charge is 0.399 e. The van der Waals surface area contributed by atoms with Gasteiger partial charge in [-0.2, -0.15) is 5.10 Å². The van der Waals surface area contributed by atoms with E-state index in [1.165, 1.54) is 0 Å². The van der Waals surface area contributed by atoms with Gasteiger partial charge in [-0.1, -0.05) is 12.1 Å². The molecule has 32 heavy (non-hydrogen) atoms. The van der Waals surface area contributed by atoms with Gasteiger partial charge in [0.1, 0.15) is 0 Å². The van der Waals surface area contributed by atoms with Crippen molar-refractivity contribution in [2.45, 2.75) is 40.3 Å². The molecule has 0 aliphatic heterocycles. The Morgan fingerprint density at radius 1 is 1.19 bits per heavy atom. The summed E-state index contributed by atoms with van der Waals surface area (Å²) in [5, 5.41) is 7.99. The predicted octanol–water partition coefficient (Wildman–Crippen LogP) is 3.50. The highest BCUT2D eigenvalue weighted by atomic mass is 16.1. The number of aromatic nitrogens is 4. The van der Waals surface area contributed by atoms with Crippen LogP contribution < -0.4 is 16.6 Å². The van der Waals surface area contributed by atoms with Gasteiger partial charge in [0, 0.05) is 35.1 Å². The van der Waals surface area contributed by atoms with Gasteiger partial charge in [0.05, 0.1) is 22.8 Å². The molecule has 4 aromatic rings. The first kappa shape index (κ1) is 21.3. The number of fused-ring (bicyclic) bond motifs is 1. The molecular formula is C24H26N6O2. The second-order valence-corrected chi connectivity index (χ2v) is 8.22. The van der Waals surface area contributed by atoms with E-state index in [1.54, 1.807) is 29.1 Å². The van der Waals surface area contributed by atoms with Gasteiger partial charge in [-0.15, -0.1) is 0 Å². The van der Waals surface area contributed by atoms with Crippen molar-refractivity contribution >= 4 is 22.6 Å². The summed E-state index contributed by atoms with van der Waals surface area (Å²) in [6, 6.07) is 11.1. The molecule has 0 aliphatic carbocycles. The molecule has 0 unspecified atom stereocenters. The molecule has 0 radical (unpaired) electrons. The summed E-state index contributed by atoms with van der Waals surface area (Å²) >= 11 is 0. The summed E-state index contributed by atoms with van der Waals surface area (Å²) < 4.78 is 1.79. The summed E-state index contributed by atoms with van der Waals surface area (Å²) in [6.45, 7) is 7.84. The highest BCUT2D eigenvalue weighted by Crippen LogP contribution is 2.27. The average molecular weight is 431 g/mol. The molecular weight excluding hydrogens is 404 g/mol. The van der Waals surface area contributed by atoms with Crippen molar-refractivity contribution in [1.29, 1.82) is 0 Å². The van der Waals surface area contributed by atoms with Crippen molar-refractivity contribution in [2.75, 3.05) is 5.73 Å². The monoisotopic (exact) mass is 430 g/mol. The van der Waals surface area contributed by atoms with Crippen LogP contribution in [0.2, 0.25) is 0 Å². The molecule has 8 heteroatoms. The number of benzene rings is 1. The molecule has 3 heterocycles. The number of aromatic amines is 1. The van der Waals surface area contributed by atoms with E-state index in [4.69, 9.17) is 10.7 Å². The lowest BCUT2D eigenvalue weighted by Gasteiger charge is -2.12. The number of carbonyl (C=O) groups is 1. The zero-order valence-electron chi connectivity index (χ0n) is 18.6. The molecule has 0 aliphatic rings. The maximum Gasteiger partial charge on any atom is 0.253 e. The van der Waals surface area contributed by atoms with Gasteiger partial charge in [0.15, 0.2) is 5.65 Å². The number of rotatable bonds is 5. The molecule has 0 bridgehead atoms. The van der Waals surface area contributed by atoms with Crippen LogP contribution in [0.3, 0.4) is 0 Å². The minimum Gasteiger partial charge on any atom is -0.399 e. The highest BCUT2D eigenvalue weighted by molar-refractivity contribution is 6.06. The van der Waals surface area contributed by atoms with Crippen LogP contribution >= 0.6 is 0 Å². The van der Waals surface area contributed by atoms with Gasteiger partial charge in [-0.05, 0) is 57.5 Å². The van der Waals surface area contributed by atoms with Gasteiger partial charge >= 0.3 is 0 Å². The highest BCUT2D eigenvalue weighted by Gasteiger charge is 2.19. The number of hydrogen-bond acceptors (Lipinski definition) is 5. The number of nitrogens with zero attached hydrogens (tertiary/aromatic N) is 3. The second kappa shape index (κ2) is 8.30. The van der Waals surface area contributed by atoms with E-state index in [2.05, 4.69) is 15.4 Å². The van der Waals surface area contributed by atoms with Gasteiger partial charge in [-0.25, -0.2) is 9.67 Å². The number of hydrogen-bond donors (Lipinski definition) is 3. The van der Waals surface area contributed by atoms with E-state index < -0.39 is 0 Å². The van der Waals surface area contributed by atoms with Crippen molar-refractivity contribution in [1.82, 2.24) is 25.1 Å². The summed E-state index contributed by atoms with van der Waals surface area (Å²) in [5.41, 5.74) is 11.0. The molecule has 8 nitrogen and oxygen atoms in total.